The first-order valence-electron chi connectivity index (χ1n) is 7.66. The molecule has 0 radical (unpaired) electrons. The summed E-state index contributed by atoms with van der Waals surface area (Å²) in [5, 5.41) is 9.50. The minimum atomic E-state index is -0.484. The molecule has 1 aromatic carbocycles. The third-order valence-corrected chi connectivity index (χ3v) is 4.15. The molecule has 23 heavy (non-hydrogen) atoms. The van der Waals surface area contributed by atoms with E-state index in [1.165, 1.54) is 0 Å². The van der Waals surface area contributed by atoms with Crippen molar-refractivity contribution >= 4 is 27.6 Å². The van der Waals surface area contributed by atoms with Gasteiger partial charge in [-0.3, -0.25) is 0 Å². The number of likely N-dealkylation sites (tertiary alicyclic amines) is 1. The molecule has 1 aliphatic rings. The number of allylic oxidation sites excluding steroid dienone is 1. The minimum absolute atomic E-state index is 0.279. The molecule has 0 bridgehead atoms. The Bertz CT molecular complexity index is 641. The van der Waals surface area contributed by atoms with Gasteiger partial charge in [-0.05, 0) is 56.9 Å². The van der Waals surface area contributed by atoms with E-state index >= 15 is 0 Å². The van der Waals surface area contributed by atoms with Crippen LogP contribution in [0.4, 0.5) is 4.79 Å². The van der Waals surface area contributed by atoms with E-state index in [0.29, 0.717) is 25.9 Å². The van der Waals surface area contributed by atoms with Crippen LogP contribution in [0.25, 0.3) is 5.57 Å². The Hall–Kier alpha value is -1.80. The van der Waals surface area contributed by atoms with E-state index in [0.717, 1.165) is 21.2 Å². The Labute approximate surface area is 145 Å². The largest absolute Gasteiger partial charge is 0.444 e. The summed E-state index contributed by atoms with van der Waals surface area (Å²) in [4.78, 5) is 13.8. The number of benzene rings is 1. The maximum atomic E-state index is 12.1. The van der Waals surface area contributed by atoms with Crippen LogP contribution in [0, 0.1) is 11.3 Å². The molecule has 1 aromatic rings. The number of halogens is 1. The minimum Gasteiger partial charge on any atom is -0.444 e. The lowest BCUT2D eigenvalue weighted by atomic mass is 9.94. The highest BCUT2D eigenvalue weighted by atomic mass is 79.9. The first kappa shape index (κ1) is 17.6. The Balaban J connectivity index is 2.08. The van der Waals surface area contributed by atoms with Crippen molar-refractivity contribution in [2.75, 3.05) is 13.1 Å². The third-order valence-electron chi connectivity index (χ3n) is 3.62. The Morgan fingerprint density at radius 1 is 1.22 bits per heavy atom. The fourth-order valence-electron chi connectivity index (χ4n) is 2.50. The van der Waals surface area contributed by atoms with Gasteiger partial charge in [-0.25, -0.2) is 4.79 Å². The van der Waals surface area contributed by atoms with Gasteiger partial charge in [0.05, 0.1) is 11.6 Å². The van der Waals surface area contributed by atoms with Gasteiger partial charge in [0.15, 0.2) is 0 Å². The molecular formula is C18H21BrN2O2. The van der Waals surface area contributed by atoms with Crippen LogP contribution in [-0.4, -0.2) is 29.7 Å². The van der Waals surface area contributed by atoms with E-state index in [2.05, 4.69) is 22.0 Å². The van der Waals surface area contributed by atoms with Gasteiger partial charge in [0.2, 0.25) is 0 Å². The lowest BCUT2D eigenvalue weighted by Gasteiger charge is -2.31. The van der Waals surface area contributed by atoms with Crippen LogP contribution in [0.3, 0.4) is 0 Å². The van der Waals surface area contributed by atoms with Crippen molar-refractivity contribution in [2.45, 2.75) is 39.2 Å². The molecule has 4 nitrogen and oxygen atoms in total. The molecule has 0 aromatic heterocycles. The normalized spacial score (nSPS) is 15.1. The second kappa shape index (κ2) is 7.18. The second-order valence-electron chi connectivity index (χ2n) is 6.56. The van der Waals surface area contributed by atoms with Crippen LogP contribution in [0.15, 0.2) is 34.3 Å². The fraction of sp³-hybridized carbons (Fsp3) is 0.444. The van der Waals surface area contributed by atoms with Gasteiger partial charge in [-0.15, -0.1) is 0 Å². The van der Waals surface area contributed by atoms with Gasteiger partial charge in [-0.1, -0.05) is 28.1 Å². The van der Waals surface area contributed by atoms with Crippen molar-refractivity contribution in [3.63, 3.8) is 0 Å². The quantitative estimate of drug-likeness (QED) is 0.664. The van der Waals surface area contributed by atoms with E-state index in [1.54, 1.807) is 4.90 Å². The molecule has 1 aliphatic heterocycles. The molecule has 1 amide bonds. The van der Waals surface area contributed by atoms with Gasteiger partial charge in [0.1, 0.15) is 5.60 Å². The summed E-state index contributed by atoms with van der Waals surface area (Å²) in [5.41, 5.74) is 2.27. The average Bonchev–Trinajstić information content (AvgIpc) is 2.49. The molecule has 1 fully saturated rings. The highest BCUT2D eigenvalue weighted by molar-refractivity contribution is 9.10. The van der Waals surface area contributed by atoms with Crippen molar-refractivity contribution in [3.8, 4) is 6.07 Å². The summed E-state index contributed by atoms with van der Waals surface area (Å²) in [6.07, 6.45) is 1.13. The molecule has 0 N–H and O–H groups in total. The van der Waals surface area contributed by atoms with Crippen LogP contribution < -0.4 is 0 Å². The van der Waals surface area contributed by atoms with E-state index in [4.69, 9.17) is 4.74 Å². The van der Waals surface area contributed by atoms with Gasteiger partial charge in [0.25, 0.3) is 0 Å². The number of ether oxygens (including phenoxy) is 1. The Morgan fingerprint density at radius 3 is 2.26 bits per heavy atom. The molecule has 5 heteroatoms. The zero-order valence-corrected chi connectivity index (χ0v) is 15.3. The Kier molecular flexibility index (Phi) is 5.48. The van der Waals surface area contributed by atoms with E-state index < -0.39 is 5.60 Å². The molecule has 2 rings (SSSR count). The number of hydrogen-bond donors (Lipinski definition) is 0. The molecule has 0 spiro atoms. The van der Waals surface area contributed by atoms with E-state index in [1.807, 2.05) is 45.0 Å². The molecular weight excluding hydrogens is 356 g/mol. The zero-order valence-electron chi connectivity index (χ0n) is 13.7. The van der Waals surface area contributed by atoms with Crippen LogP contribution in [0.1, 0.15) is 39.2 Å². The highest BCUT2D eigenvalue weighted by Crippen LogP contribution is 2.28. The highest BCUT2D eigenvalue weighted by Gasteiger charge is 2.25. The van der Waals surface area contributed by atoms with Gasteiger partial charge in [-0.2, -0.15) is 5.26 Å². The number of amides is 1. The predicted octanol–water partition coefficient (Wildman–Crippen LogP) is 4.76. The zero-order chi connectivity index (χ0) is 17.0. The Morgan fingerprint density at radius 2 is 1.78 bits per heavy atom. The number of carbonyl (C=O) groups excluding carboxylic acids is 1. The van der Waals surface area contributed by atoms with Crippen LogP contribution in [-0.2, 0) is 4.74 Å². The van der Waals surface area contributed by atoms with E-state index in [9.17, 15) is 10.1 Å². The second-order valence-corrected chi connectivity index (χ2v) is 7.48. The lowest BCUT2D eigenvalue weighted by Crippen LogP contribution is -2.40. The molecule has 122 valence electrons. The first-order chi connectivity index (χ1) is 10.8. The SMILES string of the molecule is CC(C)(C)OC(=O)N1CCC(=C(C#N)c2ccc(Br)cc2)CC1. The third kappa shape index (κ3) is 4.84. The monoisotopic (exact) mass is 376 g/mol. The molecule has 0 atom stereocenters. The average molecular weight is 377 g/mol. The molecule has 1 saturated heterocycles. The number of piperidine rings is 1. The van der Waals surface area contributed by atoms with Gasteiger partial charge >= 0.3 is 6.09 Å². The first-order valence-corrected chi connectivity index (χ1v) is 8.45. The maximum Gasteiger partial charge on any atom is 0.410 e. The summed E-state index contributed by atoms with van der Waals surface area (Å²) in [5.74, 6) is 0. The number of nitriles is 1. The number of hydrogen-bond acceptors (Lipinski definition) is 3. The topological polar surface area (TPSA) is 53.3 Å². The summed E-state index contributed by atoms with van der Waals surface area (Å²) < 4.78 is 6.39. The van der Waals surface area contributed by atoms with Crippen molar-refractivity contribution in [1.29, 1.82) is 5.26 Å². The number of rotatable bonds is 1. The fourth-order valence-corrected chi connectivity index (χ4v) is 2.76. The van der Waals surface area contributed by atoms with Crippen LogP contribution in [0.2, 0.25) is 0 Å². The van der Waals surface area contributed by atoms with E-state index in [-0.39, 0.29) is 6.09 Å². The van der Waals surface area contributed by atoms with Crippen molar-refractivity contribution < 1.29 is 9.53 Å². The molecule has 0 unspecified atom stereocenters. The maximum absolute atomic E-state index is 12.1. The van der Waals surface area contributed by atoms with Crippen LogP contribution in [0.5, 0.6) is 0 Å². The standard InChI is InChI=1S/C18H21BrN2O2/c1-18(2,3)23-17(22)21-10-8-14(9-11-21)16(12-20)13-4-6-15(19)7-5-13/h4-7H,8-11H2,1-3H3. The van der Waals surface area contributed by atoms with Crippen molar-refractivity contribution in [2.24, 2.45) is 0 Å². The smallest absolute Gasteiger partial charge is 0.410 e. The van der Waals surface area contributed by atoms with Gasteiger partial charge < -0.3 is 9.64 Å². The summed E-state index contributed by atoms with van der Waals surface area (Å²) >= 11 is 3.40. The van der Waals surface area contributed by atoms with Crippen molar-refractivity contribution in [3.05, 3.63) is 39.9 Å². The predicted molar refractivity (Wildman–Crippen MR) is 93.7 cm³/mol. The lowest BCUT2D eigenvalue weighted by molar-refractivity contribution is 0.0236. The van der Waals surface area contributed by atoms with Crippen LogP contribution >= 0.6 is 15.9 Å². The molecule has 1 heterocycles. The van der Waals surface area contributed by atoms with Crippen molar-refractivity contribution in [1.82, 2.24) is 4.90 Å². The summed E-state index contributed by atoms with van der Waals surface area (Å²) in [7, 11) is 0. The summed E-state index contributed by atoms with van der Waals surface area (Å²) in [6.45, 7) is 6.77. The number of carbonyl (C=O) groups is 1. The molecule has 0 aliphatic carbocycles. The molecule has 0 saturated carbocycles. The summed E-state index contributed by atoms with van der Waals surface area (Å²) in [6, 6.07) is 10.1. The van der Waals surface area contributed by atoms with Gasteiger partial charge in [0, 0.05) is 17.6 Å². The number of nitrogens with zero attached hydrogens (tertiary/aromatic N) is 2.